The molecule has 106 valence electrons. The van der Waals surface area contributed by atoms with Crippen LogP contribution in [0, 0.1) is 6.92 Å². The van der Waals surface area contributed by atoms with Gasteiger partial charge in [0, 0.05) is 6.54 Å². The molecule has 0 amide bonds. The van der Waals surface area contributed by atoms with Crippen molar-refractivity contribution in [3.63, 3.8) is 0 Å². The summed E-state index contributed by atoms with van der Waals surface area (Å²) in [6.45, 7) is 4.79. The number of hydrogen-bond acceptors (Lipinski definition) is 4. The minimum Gasteiger partial charge on any atom is -0.456 e. The summed E-state index contributed by atoms with van der Waals surface area (Å²) < 4.78 is 7.07. The fourth-order valence-corrected chi connectivity index (χ4v) is 2.00. The van der Waals surface area contributed by atoms with E-state index in [4.69, 9.17) is 22.1 Å². The molecule has 0 saturated carbocycles. The van der Waals surface area contributed by atoms with Gasteiger partial charge in [0.05, 0.1) is 27.7 Å². The maximum atomic E-state index is 11.9. The molecular formula is C14H16ClN3O2. The number of aromatic nitrogens is 2. The number of anilines is 1. The van der Waals surface area contributed by atoms with Crippen LogP contribution in [0.25, 0.3) is 0 Å². The highest BCUT2D eigenvalue weighted by Gasteiger charge is 2.11. The van der Waals surface area contributed by atoms with E-state index in [9.17, 15) is 4.79 Å². The van der Waals surface area contributed by atoms with Crippen LogP contribution >= 0.6 is 11.6 Å². The number of ether oxygens (including phenoxy) is 1. The van der Waals surface area contributed by atoms with Gasteiger partial charge in [-0.2, -0.15) is 5.10 Å². The molecule has 2 aromatic rings. The van der Waals surface area contributed by atoms with E-state index in [0.29, 0.717) is 16.3 Å². The van der Waals surface area contributed by atoms with Gasteiger partial charge in [-0.25, -0.2) is 4.79 Å². The molecule has 0 saturated heterocycles. The molecule has 6 heteroatoms. The zero-order valence-electron chi connectivity index (χ0n) is 11.4. The van der Waals surface area contributed by atoms with Crippen LogP contribution in [-0.2, 0) is 17.9 Å². The number of rotatable bonds is 4. The number of carbonyl (C=O) groups is 1. The molecule has 2 rings (SSSR count). The first kappa shape index (κ1) is 14.4. The Morgan fingerprint density at radius 1 is 1.45 bits per heavy atom. The largest absolute Gasteiger partial charge is 0.456 e. The average Bonchev–Trinajstić information content (AvgIpc) is 2.79. The Labute approximate surface area is 122 Å². The number of nitrogens with zero attached hydrogens (tertiary/aromatic N) is 2. The smallest absolute Gasteiger partial charge is 0.338 e. The third kappa shape index (κ3) is 3.11. The molecule has 2 N–H and O–H groups in total. The summed E-state index contributed by atoms with van der Waals surface area (Å²) in [5.41, 5.74) is 8.16. The predicted molar refractivity (Wildman–Crippen MR) is 77.6 cm³/mol. The second-order valence-corrected chi connectivity index (χ2v) is 4.81. The number of esters is 1. The fraction of sp³-hybridized carbons (Fsp3) is 0.286. The van der Waals surface area contributed by atoms with Crippen molar-refractivity contribution in [3.8, 4) is 0 Å². The van der Waals surface area contributed by atoms with E-state index >= 15 is 0 Å². The SMILES string of the molecule is CCn1nc(C)cc1COC(=O)c1ccc(Cl)c(N)c1. The molecule has 0 fully saturated rings. The standard InChI is InChI=1S/C14H16ClN3O2/c1-3-18-11(6-9(2)17-18)8-20-14(19)10-4-5-12(15)13(16)7-10/h4-7H,3,8,16H2,1-2H3. The highest BCUT2D eigenvalue weighted by molar-refractivity contribution is 6.33. The van der Waals surface area contributed by atoms with Crippen LogP contribution in [0.3, 0.4) is 0 Å². The summed E-state index contributed by atoms with van der Waals surface area (Å²) in [6.07, 6.45) is 0. The number of hydrogen-bond donors (Lipinski definition) is 1. The first-order valence-electron chi connectivity index (χ1n) is 6.26. The summed E-state index contributed by atoms with van der Waals surface area (Å²) in [7, 11) is 0. The van der Waals surface area contributed by atoms with Gasteiger partial charge in [-0.1, -0.05) is 11.6 Å². The van der Waals surface area contributed by atoms with Gasteiger partial charge >= 0.3 is 5.97 Å². The van der Waals surface area contributed by atoms with E-state index in [2.05, 4.69) is 5.10 Å². The number of carbonyl (C=O) groups excluding carboxylic acids is 1. The molecule has 20 heavy (non-hydrogen) atoms. The third-order valence-corrected chi connectivity index (χ3v) is 3.21. The Morgan fingerprint density at radius 2 is 2.20 bits per heavy atom. The second kappa shape index (κ2) is 5.96. The van der Waals surface area contributed by atoms with Crippen LogP contribution in [0.5, 0.6) is 0 Å². The number of benzene rings is 1. The minimum absolute atomic E-state index is 0.177. The fourth-order valence-electron chi connectivity index (χ4n) is 1.88. The molecule has 0 atom stereocenters. The topological polar surface area (TPSA) is 70.1 Å². The van der Waals surface area contributed by atoms with Gasteiger partial charge in [0.1, 0.15) is 6.61 Å². The van der Waals surface area contributed by atoms with Crippen molar-refractivity contribution in [3.05, 3.63) is 46.2 Å². The lowest BCUT2D eigenvalue weighted by Gasteiger charge is -2.07. The number of nitrogen functional groups attached to an aromatic ring is 1. The maximum absolute atomic E-state index is 11.9. The van der Waals surface area contributed by atoms with Gasteiger partial charge in [-0.15, -0.1) is 0 Å². The lowest BCUT2D eigenvalue weighted by Crippen LogP contribution is -2.09. The number of aryl methyl sites for hydroxylation is 2. The first-order valence-corrected chi connectivity index (χ1v) is 6.64. The quantitative estimate of drug-likeness (QED) is 0.695. The van der Waals surface area contributed by atoms with E-state index < -0.39 is 5.97 Å². The summed E-state index contributed by atoms with van der Waals surface area (Å²) in [4.78, 5) is 11.9. The zero-order valence-corrected chi connectivity index (χ0v) is 12.1. The van der Waals surface area contributed by atoms with E-state index in [1.807, 2.05) is 19.9 Å². The Hall–Kier alpha value is -2.01. The third-order valence-electron chi connectivity index (χ3n) is 2.87. The van der Waals surface area contributed by atoms with Crippen LogP contribution in [0.4, 0.5) is 5.69 Å². The molecule has 0 radical (unpaired) electrons. The summed E-state index contributed by atoms with van der Waals surface area (Å²) >= 11 is 5.81. The lowest BCUT2D eigenvalue weighted by atomic mass is 10.2. The molecule has 1 aromatic heterocycles. The van der Waals surface area contributed by atoms with Crippen molar-refractivity contribution in [1.82, 2.24) is 9.78 Å². The molecule has 0 aliphatic heterocycles. The normalized spacial score (nSPS) is 10.6. The van der Waals surface area contributed by atoms with Crippen molar-refractivity contribution < 1.29 is 9.53 Å². The molecule has 0 aliphatic rings. The van der Waals surface area contributed by atoms with Crippen LogP contribution < -0.4 is 5.73 Å². The molecule has 0 aliphatic carbocycles. The Bertz CT molecular complexity index is 637. The predicted octanol–water partition coefficient (Wildman–Crippen LogP) is 2.80. The molecule has 5 nitrogen and oxygen atoms in total. The molecule has 1 aromatic carbocycles. The van der Waals surface area contributed by atoms with Crippen LogP contribution in [0.1, 0.15) is 28.7 Å². The van der Waals surface area contributed by atoms with Gasteiger partial charge in [-0.05, 0) is 38.1 Å². The lowest BCUT2D eigenvalue weighted by molar-refractivity contribution is 0.0462. The second-order valence-electron chi connectivity index (χ2n) is 4.41. The van der Waals surface area contributed by atoms with E-state index in [0.717, 1.165) is 17.9 Å². The van der Waals surface area contributed by atoms with Crippen molar-refractivity contribution in [2.24, 2.45) is 0 Å². The highest BCUT2D eigenvalue weighted by atomic mass is 35.5. The minimum atomic E-state index is -0.435. The van der Waals surface area contributed by atoms with Crippen LogP contribution in [-0.4, -0.2) is 15.7 Å². The summed E-state index contributed by atoms with van der Waals surface area (Å²) in [5.74, 6) is -0.435. The van der Waals surface area contributed by atoms with E-state index in [1.54, 1.807) is 16.8 Å². The average molecular weight is 294 g/mol. The van der Waals surface area contributed by atoms with Crippen molar-refractivity contribution in [2.75, 3.05) is 5.73 Å². The van der Waals surface area contributed by atoms with E-state index in [1.165, 1.54) is 6.07 Å². The molecule has 0 bridgehead atoms. The van der Waals surface area contributed by atoms with Crippen molar-refractivity contribution >= 4 is 23.3 Å². The van der Waals surface area contributed by atoms with Crippen LogP contribution in [0.2, 0.25) is 5.02 Å². The van der Waals surface area contributed by atoms with Gasteiger partial charge in [0.15, 0.2) is 0 Å². The summed E-state index contributed by atoms with van der Waals surface area (Å²) in [6, 6.07) is 6.57. The molecule has 0 spiro atoms. The monoisotopic (exact) mass is 293 g/mol. The first-order chi connectivity index (χ1) is 9.51. The molecular weight excluding hydrogens is 278 g/mol. The van der Waals surface area contributed by atoms with Crippen molar-refractivity contribution in [2.45, 2.75) is 27.0 Å². The van der Waals surface area contributed by atoms with Gasteiger partial charge < -0.3 is 10.5 Å². The van der Waals surface area contributed by atoms with Gasteiger partial charge in [-0.3, -0.25) is 4.68 Å². The van der Waals surface area contributed by atoms with Crippen LogP contribution in [0.15, 0.2) is 24.3 Å². The number of nitrogens with two attached hydrogens (primary N) is 1. The Kier molecular flexibility index (Phi) is 4.29. The molecule has 1 heterocycles. The number of halogens is 1. The zero-order chi connectivity index (χ0) is 14.7. The van der Waals surface area contributed by atoms with Crippen molar-refractivity contribution in [1.29, 1.82) is 0 Å². The molecule has 0 unspecified atom stereocenters. The summed E-state index contributed by atoms with van der Waals surface area (Å²) in [5, 5.41) is 4.71. The Balaban J connectivity index is 2.06. The highest BCUT2D eigenvalue weighted by Crippen LogP contribution is 2.20. The van der Waals surface area contributed by atoms with Gasteiger partial charge in [0.25, 0.3) is 0 Å². The maximum Gasteiger partial charge on any atom is 0.338 e. The Morgan fingerprint density at radius 3 is 2.85 bits per heavy atom. The van der Waals surface area contributed by atoms with E-state index in [-0.39, 0.29) is 6.61 Å². The van der Waals surface area contributed by atoms with Gasteiger partial charge in [0.2, 0.25) is 0 Å².